The van der Waals surface area contributed by atoms with Gasteiger partial charge in [0.2, 0.25) is 5.95 Å². The molecule has 0 aromatic carbocycles. The van der Waals surface area contributed by atoms with Crippen LogP contribution in [0.1, 0.15) is 12.1 Å². The van der Waals surface area contributed by atoms with Crippen LogP contribution in [0, 0.1) is 0 Å². The van der Waals surface area contributed by atoms with Crippen molar-refractivity contribution in [1.29, 1.82) is 0 Å². The Bertz CT molecular complexity index is 357. The first kappa shape index (κ1) is 7.15. The molecule has 5 heteroatoms. The van der Waals surface area contributed by atoms with Gasteiger partial charge in [0, 0.05) is 6.54 Å². The molecule has 0 bridgehead atoms. The topological polar surface area (TPSA) is 83.8 Å². The Morgan fingerprint density at radius 3 is 3.17 bits per heavy atom. The summed E-state index contributed by atoms with van der Waals surface area (Å²) >= 11 is 0. The molecular formula is C7H10N4O. The van der Waals surface area contributed by atoms with E-state index in [1.54, 1.807) is 0 Å². The first-order chi connectivity index (χ1) is 5.77. The molecule has 1 aromatic rings. The van der Waals surface area contributed by atoms with E-state index in [9.17, 15) is 4.79 Å². The largest absolute Gasteiger partial charge is 0.379 e. The summed E-state index contributed by atoms with van der Waals surface area (Å²) in [6.45, 7) is 0.835. The highest BCUT2D eigenvalue weighted by molar-refractivity contribution is 5.49. The van der Waals surface area contributed by atoms with Crippen LogP contribution in [-0.2, 0) is 6.42 Å². The van der Waals surface area contributed by atoms with Crippen molar-refractivity contribution in [3.05, 3.63) is 16.0 Å². The predicted octanol–water partition coefficient (Wildman–Crippen LogP) is -0.290. The van der Waals surface area contributed by atoms with E-state index in [4.69, 9.17) is 5.73 Å². The molecule has 4 N–H and O–H groups in total. The van der Waals surface area contributed by atoms with Crippen LogP contribution in [-0.4, -0.2) is 16.5 Å². The molecule has 64 valence electrons. The van der Waals surface area contributed by atoms with Crippen LogP contribution < -0.4 is 16.6 Å². The van der Waals surface area contributed by atoms with Crippen LogP contribution in [0.4, 0.5) is 11.6 Å². The van der Waals surface area contributed by atoms with Crippen molar-refractivity contribution < 1.29 is 0 Å². The molecule has 1 aromatic heterocycles. The maximum absolute atomic E-state index is 11.2. The number of nitrogens with two attached hydrogens (primary N) is 1. The highest BCUT2D eigenvalue weighted by Crippen LogP contribution is 2.14. The van der Waals surface area contributed by atoms with Crippen molar-refractivity contribution in [2.24, 2.45) is 0 Å². The van der Waals surface area contributed by atoms with Gasteiger partial charge in [-0.25, -0.2) is 4.98 Å². The van der Waals surface area contributed by atoms with Crippen LogP contribution in [0.3, 0.4) is 0 Å². The molecule has 0 saturated carbocycles. The third-order valence-corrected chi connectivity index (χ3v) is 1.90. The fourth-order valence-electron chi connectivity index (χ4n) is 1.37. The summed E-state index contributed by atoms with van der Waals surface area (Å²) < 4.78 is 0. The van der Waals surface area contributed by atoms with Gasteiger partial charge in [0.25, 0.3) is 5.56 Å². The van der Waals surface area contributed by atoms with Crippen molar-refractivity contribution in [3.63, 3.8) is 0 Å². The molecule has 0 fully saturated rings. The van der Waals surface area contributed by atoms with Crippen molar-refractivity contribution in [2.75, 3.05) is 17.6 Å². The number of aromatic nitrogens is 2. The molecule has 0 spiro atoms. The van der Waals surface area contributed by atoms with E-state index in [-0.39, 0.29) is 11.5 Å². The van der Waals surface area contributed by atoms with E-state index in [2.05, 4.69) is 15.3 Å². The lowest BCUT2D eigenvalue weighted by Crippen LogP contribution is -2.24. The quantitative estimate of drug-likeness (QED) is 0.494. The fourth-order valence-corrected chi connectivity index (χ4v) is 1.37. The zero-order valence-electron chi connectivity index (χ0n) is 6.55. The number of aromatic amines is 1. The molecule has 0 radical (unpaired) electrons. The van der Waals surface area contributed by atoms with Gasteiger partial charge in [-0.15, -0.1) is 0 Å². The van der Waals surface area contributed by atoms with Crippen molar-refractivity contribution >= 4 is 11.6 Å². The second-order valence-corrected chi connectivity index (χ2v) is 2.80. The van der Waals surface area contributed by atoms with Crippen LogP contribution in [0.5, 0.6) is 0 Å². The summed E-state index contributed by atoms with van der Waals surface area (Å²) in [5.41, 5.74) is 6.58. The molecule has 2 rings (SSSR count). The Kier molecular flexibility index (Phi) is 1.49. The van der Waals surface area contributed by atoms with E-state index >= 15 is 0 Å². The minimum atomic E-state index is -0.169. The lowest BCUT2D eigenvalue weighted by atomic mass is 10.1. The van der Waals surface area contributed by atoms with Crippen molar-refractivity contribution in [2.45, 2.75) is 12.8 Å². The Hall–Kier alpha value is -1.52. The second kappa shape index (κ2) is 2.51. The first-order valence-electron chi connectivity index (χ1n) is 3.90. The summed E-state index contributed by atoms with van der Waals surface area (Å²) in [7, 11) is 0. The lowest BCUT2D eigenvalue weighted by molar-refractivity contribution is 0.791. The summed E-state index contributed by atoms with van der Waals surface area (Å²) in [5.74, 6) is 0.197. The third-order valence-electron chi connectivity index (χ3n) is 1.90. The highest BCUT2D eigenvalue weighted by atomic mass is 16.1. The summed E-state index contributed by atoms with van der Waals surface area (Å²) in [5, 5.41) is 3.00. The van der Waals surface area contributed by atoms with Crippen molar-refractivity contribution in [3.8, 4) is 0 Å². The SMILES string of the molecule is Nc1nc2c(c(=O)[nH]1)NCCC2. The summed E-state index contributed by atoms with van der Waals surface area (Å²) in [6, 6.07) is 0. The van der Waals surface area contributed by atoms with Crippen LogP contribution in [0.15, 0.2) is 4.79 Å². The van der Waals surface area contributed by atoms with E-state index in [0.29, 0.717) is 5.69 Å². The molecule has 1 aliphatic rings. The number of hydrogen-bond donors (Lipinski definition) is 3. The van der Waals surface area contributed by atoms with E-state index in [0.717, 1.165) is 25.1 Å². The van der Waals surface area contributed by atoms with Gasteiger partial charge in [-0.3, -0.25) is 9.78 Å². The number of fused-ring (bicyclic) bond motifs is 1. The number of nitrogens with one attached hydrogen (secondary N) is 2. The molecule has 12 heavy (non-hydrogen) atoms. The molecule has 5 nitrogen and oxygen atoms in total. The number of nitrogens with zero attached hydrogens (tertiary/aromatic N) is 1. The Morgan fingerprint density at radius 2 is 2.33 bits per heavy atom. The van der Waals surface area contributed by atoms with Crippen LogP contribution in [0.2, 0.25) is 0 Å². The number of anilines is 2. The smallest absolute Gasteiger partial charge is 0.275 e. The monoisotopic (exact) mass is 166 g/mol. The van der Waals surface area contributed by atoms with Gasteiger partial charge in [-0.2, -0.15) is 0 Å². The number of aryl methyl sites for hydroxylation is 1. The van der Waals surface area contributed by atoms with Gasteiger partial charge in [0.15, 0.2) is 0 Å². The standard InChI is InChI=1S/C7H10N4O/c8-7-10-4-2-1-3-9-5(4)6(12)11-7/h9H,1-3H2,(H3,8,10,11,12). The first-order valence-corrected chi connectivity index (χ1v) is 3.90. The molecule has 0 saturated heterocycles. The zero-order valence-corrected chi connectivity index (χ0v) is 6.55. The van der Waals surface area contributed by atoms with Crippen LogP contribution in [0.25, 0.3) is 0 Å². The maximum atomic E-state index is 11.2. The molecule has 0 unspecified atom stereocenters. The van der Waals surface area contributed by atoms with Crippen molar-refractivity contribution in [1.82, 2.24) is 9.97 Å². The second-order valence-electron chi connectivity index (χ2n) is 2.80. The Labute approximate surface area is 69.0 Å². The van der Waals surface area contributed by atoms with E-state index < -0.39 is 0 Å². The summed E-state index contributed by atoms with van der Waals surface area (Å²) in [6.07, 6.45) is 1.83. The van der Waals surface area contributed by atoms with Gasteiger partial charge < -0.3 is 11.1 Å². The van der Waals surface area contributed by atoms with Gasteiger partial charge in [0.1, 0.15) is 5.69 Å². The number of H-pyrrole nitrogens is 1. The lowest BCUT2D eigenvalue weighted by Gasteiger charge is -2.15. The molecule has 0 amide bonds. The number of hydrogen-bond acceptors (Lipinski definition) is 4. The summed E-state index contributed by atoms with van der Waals surface area (Å²) in [4.78, 5) is 17.7. The van der Waals surface area contributed by atoms with E-state index in [1.165, 1.54) is 0 Å². The van der Waals surface area contributed by atoms with Gasteiger partial charge in [0.05, 0.1) is 5.69 Å². The van der Waals surface area contributed by atoms with Gasteiger partial charge in [-0.1, -0.05) is 0 Å². The van der Waals surface area contributed by atoms with E-state index in [1.807, 2.05) is 0 Å². The van der Waals surface area contributed by atoms with Gasteiger partial charge >= 0.3 is 0 Å². The minimum absolute atomic E-state index is 0.169. The minimum Gasteiger partial charge on any atom is -0.379 e. The maximum Gasteiger partial charge on any atom is 0.275 e. The average molecular weight is 166 g/mol. The predicted molar refractivity (Wildman–Crippen MR) is 46.1 cm³/mol. The molecule has 0 aliphatic carbocycles. The Balaban J connectivity index is 2.60. The van der Waals surface area contributed by atoms with Crippen LogP contribution >= 0.6 is 0 Å². The Morgan fingerprint density at radius 1 is 1.50 bits per heavy atom. The van der Waals surface area contributed by atoms with Gasteiger partial charge in [-0.05, 0) is 12.8 Å². The fraction of sp³-hybridized carbons (Fsp3) is 0.429. The average Bonchev–Trinajstić information content (AvgIpc) is 2.04. The number of nitrogen functional groups attached to an aromatic ring is 1. The normalized spacial score (nSPS) is 15.0. The number of rotatable bonds is 0. The molecular weight excluding hydrogens is 156 g/mol. The molecule has 1 aliphatic heterocycles. The molecule has 0 atom stereocenters. The molecule has 2 heterocycles. The zero-order chi connectivity index (χ0) is 8.55. The third kappa shape index (κ3) is 1.03. The highest BCUT2D eigenvalue weighted by Gasteiger charge is 2.13.